The van der Waals surface area contributed by atoms with E-state index in [-0.39, 0.29) is 22.4 Å². The number of amides is 1. The van der Waals surface area contributed by atoms with Crippen LogP contribution in [0.5, 0.6) is 5.75 Å². The van der Waals surface area contributed by atoms with Crippen LogP contribution >= 0.6 is 0 Å². The predicted molar refractivity (Wildman–Crippen MR) is 126 cm³/mol. The molecule has 34 heavy (non-hydrogen) atoms. The second-order valence-corrected chi connectivity index (χ2v) is 10.2. The lowest BCUT2D eigenvalue weighted by atomic mass is 10.1. The van der Waals surface area contributed by atoms with Crippen LogP contribution in [-0.4, -0.2) is 59.6 Å². The van der Waals surface area contributed by atoms with Crippen molar-refractivity contribution in [2.45, 2.75) is 30.4 Å². The maximum atomic E-state index is 12.3. The Morgan fingerprint density at radius 2 is 2.00 bits per heavy atom. The van der Waals surface area contributed by atoms with Crippen molar-refractivity contribution in [3.63, 3.8) is 0 Å². The van der Waals surface area contributed by atoms with E-state index in [4.69, 9.17) is 9.47 Å². The molecule has 0 bridgehead atoms. The molecule has 12 heteroatoms. The number of hydrogen-bond acceptors (Lipinski definition) is 9. The Balaban J connectivity index is 1.72. The zero-order valence-electron chi connectivity index (χ0n) is 19.3. The highest BCUT2D eigenvalue weighted by atomic mass is 32.2. The highest BCUT2D eigenvalue weighted by Crippen LogP contribution is 2.39. The number of carbonyl (C=O) groups is 1. The van der Waals surface area contributed by atoms with Gasteiger partial charge in [-0.2, -0.15) is 5.10 Å². The Hall–Kier alpha value is -3.51. The van der Waals surface area contributed by atoms with Crippen molar-refractivity contribution in [2.75, 3.05) is 30.6 Å². The van der Waals surface area contributed by atoms with Crippen molar-refractivity contribution in [1.29, 1.82) is 0 Å². The van der Waals surface area contributed by atoms with Gasteiger partial charge in [0.15, 0.2) is 14.9 Å². The number of aryl methyl sites for hydroxylation is 1. The van der Waals surface area contributed by atoms with Crippen LogP contribution in [0.4, 0.5) is 17.3 Å². The number of hydrogen-bond donors (Lipinski definition) is 2. The monoisotopic (exact) mass is 486 g/mol. The summed E-state index contributed by atoms with van der Waals surface area (Å²) in [6.07, 6.45) is 6.22. The van der Waals surface area contributed by atoms with Crippen LogP contribution in [0.2, 0.25) is 0 Å². The van der Waals surface area contributed by atoms with Crippen LogP contribution in [0.3, 0.4) is 0 Å². The van der Waals surface area contributed by atoms with Crippen molar-refractivity contribution in [3.8, 4) is 17.0 Å². The van der Waals surface area contributed by atoms with E-state index >= 15 is 0 Å². The fourth-order valence-electron chi connectivity index (χ4n) is 3.29. The van der Waals surface area contributed by atoms with E-state index in [9.17, 15) is 13.2 Å². The summed E-state index contributed by atoms with van der Waals surface area (Å²) in [6, 6.07) is 6.45. The molecule has 0 aromatic carbocycles. The minimum atomic E-state index is -3.61. The number of anilines is 3. The van der Waals surface area contributed by atoms with E-state index in [1.54, 1.807) is 43.4 Å². The SMILES string of the molecule is COC1(COc2cc(Nc3cc(NC(C)=O)ncc3-c3ccn(C)n3)nc(S(C)(=O)=O)c2)CC1. The highest BCUT2D eigenvalue weighted by Gasteiger charge is 2.44. The first kappa shape index (κ1) is 23.6. The summed E-state index contributed by atoms with van der Waals surface area (Å²) in [5.41, 5.74) is 1.47. The van der Waals surface area contributed by atoms with Crippen molar-refractivity contribution >= 4 is 33.1 Å². The molecule has 2 N–H and O–H groups in total. The minimum absolute atomic E-state index is 0.134. The number of carbonyl (C=O) groups excluding carboxylic acids is 1. The number of aromatic nitrogens is 4. The van der Waals surface area contributed by atoms with Crippen LogP contribution in [0.1, 0.15) is 19.8 Å². The van der Waals surface area contributed by atoms with E-state index in [1.807, 2.05) is 6.07 Å². The van der Waals surface area contributed by atoms with E-state index in [2.05, 4.69) is 25.7 Å². The molecule has 0 radical (unpaired) electrons. The molecular formula is C22H26N6O5S. The van der Waals surface area contributed by atoms with Gasteiger partial charge in [-0.3, -0.25) is 9.48 Å². The summed E-state index contributed by atoms with van der Waals surface area (Å²) in [4.78, 5) is 20.1. The van der Waals surface area contributed by atoms with E-state index in [1.165, 1.54) is 13.0 Å². The predicted octanol–water partition coefficient (Wildman–Crippen LogP) is 2.54. The number of ether oxygens (including phenoxy) is 2. The van der Waals surface area contributed by atoms with E-state index < -0.39 is 9.84 Å². The molecule has 0 saturated heterocycles. The van der Waals surface area contributed by atoms with Crippen molar-refractivity contribution in [2.24, 2.45) is 7.05 Å². The van der Waals surface area contributed by atoms with Gasteiger partial charge < -0.3 is 20.1 Å². The van der Waals surface area contributed by atoms with Gasteiger partial charge in [0.05, 0.1) is 11.4 Å². The van der Waals surface area contributed by atoms with Gasteiger partial charge in [0.1, 0.15) is 29.6 Å². The summed E-state index contributed by atoms with van der Waals surface area (Å²) in [5.74, 6) is 0.638. The number of pyridine rings is 2. The molecule has 3 aromatic heterocycles. The maximum absolute atomic E-state index is 12.3. The maximum Gasteiger partial charge on any atom is 0.222 e. The minimum Gasteiger partial charge on any atom is -0.490 e. The van der Waals surface area contributed by atoms with Crippen molar-refractivity contribution < 1.29 is 22.7 Å². The molecule has 0 aliphatic heterocycles. The van der Waals surface area contributed by atoms with Gasteiger partial charge >= 0.3 is 0 Å². The third-order valence-electron chi connectivity index (χ3n) is 5.36. The number of methoxy groups -OCH3 is 1. The number of nitrogens with one attached hydrogen (secondary N) is 2. The lowest BCUT2D eigenvalue weighted by Crippen LogP contribution is -2.21. The van der Waals surface area contributed by atoms with Crippen molar-refractivity contribution in [1.82, 2.24) is 19.7 Å². The van der Waals surface area contributed by atoms with Gasteiger partial charge in [-0.1, -0.05) is 0 Å². The molecule has 3 aromatic rings. The Labute approximate surface area is 197 Å². The third-order valence-corrected chi connectivity index (χ3v) is 6.33. The normalized spacial score (nSPS) is 14.5. The molecule has 180 valence electrons. The molecule has 4 rings (SSSR count). The van der Waals surface area contributed by atoms with Gasteiger partial charge in [-0.15, -0.1) is 0 Å². The molecule has 11 nitrogen and oxygen atoms in total. The van der Waals surface area contributed by atoms with Crippen LogP contribution < -0.4 is 15.4 Å². The van der Waals surface area contributed by atoms with Crippen LogP contribution in [0.15, 0.2) is 41.7 Å². The molecule has 0 atom stereocenters. The van der Waals surface area contributed by atoms with Gasteiger partial charge in [0.2, 0.25) is 5.91 Å². The molecule has 0 spiro atoms. The fraction of sp³-hybridized carbons (Fsp3) is 0.364. The Kier molecular flexibility index (Phi) is 6.28. The lowest BCUT2D eigenvalue weighted by molar-refractivity contribution is -0.114. The van der Waals surface area contributed by atoms with Gasteiger partial charge in [-0.25, -0.2) is 18.4 Å². The first-order chi connectivity index (χ1) is 16.1. The molecule has 1 aliphatic carbocycles. The smallest absolute Gasteiger partial charge is 0.222 e. The molecule has 0 unspecified atom stereocenters. The number of sulfone groups is 1. The molecule has 1 saturated carbocycles. The lowest BCUT2D eigenvalue weighted by Gasteiger charge is -2.17. The van der Waals surface area contributed by atoms with Crippen molar-refractivity contribution in [3.05, 3.63) is 36.7 Å². The van der Waals surface area contributed by atoms with Crippen LogP contribution in [0, 0.1) is 0 Å². The van der Waals surface area contributed by atoms with Gasteiger partial charge in [-0.05, 0) is 18.9 Å². The zero-order valence-corrected chi connectivity index (χ0v) is 20.1. The first-order valence-corrected chi connectivity index (χ1v) is 12.4. The average Bonchev–Trinajstić information content (AvgIpc) is 3.43. The average molecular weight is 487 g/mol. The topological polar surface area (TPSA) is 137 Å². The fourth-order valence-corrected chi connectivity index (χ4v) is 3.88. The van der Waals surface area contributed by atoms with E-state index in [0.29, 0.717) is 35.1 Å². The van der Waals surface area contributed by atoms with Crippen LogP contribution in [0.25, 0.3) is 11.3 Å². The Morgan fingerprint density at radius 1 is 1.24 bits per heavy atom. The van der Waals surface area contributed by atoms with Gasteiger partial charge in [0, 0.05) is 63.5 Å². The zero-order chi connectivity index (χ0) is 24.5. The largest absolute Gasteiger partial charge is 0.490 e. The summed E-state index contributed by atoms with van der Waals surface area (Å²) >= 11 is 0. The first-order valence-electron chi connectivity index (χ1n) is 10.5. The molecule has 1 fully saturated rings. The summed E-state index contributed by atoms with van der Waals surface area (Å²) in [5, 5.41) is 10.1. The third kappa shape index (κ3) is 5.51. The Morgan fingerprint density at radius 3 is 2.59 bits per heavy atom. The number of rotatable bonds is 9. The molecule has 1 amide bonds. The van der Waals surface area contributed by atoms with Crippen LogP contribution in [-0.2, 0) is 26.4 Å². The molecule has 3 heterocycles. The van der Waals surface area contributed by atoms with E-state index in [0.717, 1.165) is 19.1 Å². The molecular weight excluding hydrogens is 460 g/mol. The Bertz CT molecular complexity index is 1330. The summed E-state index contributed by atoms with van der Waals surface area (Å²) < 4.78 is 37.6. The second kappa shape index (κ2) is 9.03. The summed E-state index contributed by atoms with van der Waals surface area (Å²) in [7, 11) is -0.187. The highest BCUT2D eigenvalue weighted by molar-refractivity contribution is 7.90. The quantitative estimate of drug-likeness (QED) is 0.467. The molecule has 1 aliphatic rings. The summed E-state index contributed by atoms with van der Waals surface area (Å²) in [6.45, 7) is 1.69. The van der Waals surface area contributed by atoms with Gasteiger partial charge in [0.25, 0.3) is 0 Å². The standard InChI is InChI=1S/C22H26N6O5S/c1-14(29)24-19-11-18(16(12-23-19)17-5-8-28(2)27-17)25-20-9-15(10-21(26-20)34(4,30)31)33-13-22(32-3)6-7-22/h5,8-12H,6-7,13H2,1-4H3,(H2,23,24,25,26,29). The second-order valence-electron chi connectivity index (χ2n) is 8.27. The number of nitrogens with zero attached hydrogens (tertiary/aromatic N) is 4.